The van der Waals surface area contributed by atoms with E-state index in [1.54, 1.807) is 6.07 Å². The van der Waals surface area contributed by atoms with Crippen molar-refractivity contribution in [3.8, 4) is 0 Å². The molecule has 118 valence electrons. The number of nitrogens with zero attached hydrogens (tertiary/aromatic N) is 1. The molecule has 0 radical (unpaired) electrons. The largest absolute Gasteiger partial charge is 0.416 e. The lowest BCUT2D eigenvalue weighted by Gasteiger charge is -2.17. The molecule has 0 N–H and O–H groups in total. The fraction of sp³-hybridized carbons (Fsp3) is 0.333. The van der Waals surface area contributed by atoms with Crippen LogP contribution in [-0.2, 0) is 19.1 Å². The lowest BCUT2D eigenvalue weighted by Crippen LogP contribution is -2.21. The highest BCUT2D eigenvalue weighted by Gasteiger charge is 2.30. The van der Waals surface area contributed by atoms with Gasteiger partial charge in [-0.25, -0.2) is 0 Å². The third kappa shape index (κ3) is 4.88. The number of hydrogen-bond donors (Lipinski definition) is 0. The van der Waals surface area contributed by atoms with Gasteiger partial charge in [-0.05, 0) is 37.6 Å². The molecular formula is C18H20F3N. The van der Waals surface area contributed by atoms with Gasteiger partial charge in [0.2, 0.25) is 0 Å². The van der Waals surface area contributed by atoms with Crippen LogP contribution >= 0.6 is 0 Å². The third-order valence-corrected chi connectivity index (χ3v) is 3.57. The Labute approximate surface area is 129 Å². The highest BCUT2D eigenvalue weighted by atomic mass is 19.4. The van der Waals surface area contributed by atoms with E-state index in [2.05, 4.69) is 17.0 Å². The van der Waals surface area contributed by atoms with E-state index < -0.39 is 11.7 Å². The zero-order chi connectivity index (χ0) is 16.2. The Morgan fingerprint density at radius 3 is 2.32 bits per heavy atom. The first kappa shape index (κ1) is 16.6. The molecule has 0 amide bonds. The molecule has 0 saturated heterocycles. The maximum absolute atomic E-state index is 12.7. The van der Waals surface area contributed by atoms with Crippen LogP contribution in [0.4, 0.5) is 13.2 Å². The zero-order valence-electron chi connectivity index (χ0n) is 12.8. The minimum absolute atomic E-state index is 0.577. The molecule has 0 unspecified atom stereocenters. The van der Waals surface area contributed by atoms with Gasteiger partial charge in [0.1, 0.15) is 0 Å². The Hall–Kier alpha value is -1.81. The fourth-order valence-electron chi connectivity index (χ4n) is 2.42. The molecule has 0 aliphatic heterocycles. The number of rotatable bonds is 5. The first-order valence-corrected chi connectivity index (χ1v) is 7.25. The van der Waals surface area contributed by atoms with Crippen molar-refractivity contribution in [3.05, 3.63) is 70.8 Å². The lowest BCUT2D eigenvalue weighted by atomic mass is 10.1. The molecule has 0 aliphatic carbocycles. The standard InChI is InChI=1S/C18H20F3N/c1-14-5-3-7-16(11-14)13-22(2)10-9-15-6-4-8-17(12-15)18(19,20)21/h3-8,11-12H,9-10,13H2,1-2H3. The second kappa shape index (κ2) is 6.97. The van der Waals surface area contributed by atoms with Crippen LogP contribution in [0.3, 0.4) is 0 Å². The van der Waals surface area contributed by atoms with Crippen LogP contribution in [-0.4, -0.2) is 18.5 Å². The Kier molecular flexibility index (Phi) is 5.24. The molecule has 0 spiro atoms. The molecule has 0 heterocycles. The molecule has 0 saturated carbocycles. The second-order valence-electron chi connectivity index (χ2n) is 5.67. The van der Waals surface area contributed by atoms with Gasteiger partial charge in [0.15, 0.2) is 0 Å². The molecule has 0 aromatic heterocycles. The molecule has 22 heavy (non-hydrogen) atoms. The predicted octanol–water partition coefficient (Wildman–Crippen LogP) is 4.69. The normalized spacial score (nSPS) is 11.9. The summed E-state index contributed by atoms with van der Waals surface area (Å²) < 4.78 is 38.0. The molecule has 2 aromatic rings. The van der Waals surface area contributed by atoms with Crippen molar-refractivity contribution in [2.75, 3.05) is 13.6 Å². The van der Waals surface area contributed by atoms with E-state index in [9.17, 15) is 13.2 Å². The second-order valence-corrected chi connectivity index (χ2v) is 5.67. The topological polar surface area (TPSA) is 3.24 Å². The number of halogens is 3. The summed E-state index contributed by atoms with van der Waals surface area (Å²) in [5.74, 6) is 0. The average molecular weight is 307 g/mol. The molecule has 4 heteroatoms. The van der Waals surface area contributed by atoms with E-state index in [1.807, 2.05) is 26.1 Å². The van der Waals surface area contributed by atoms with Gasteiger partial charge in [-0.3, -0.25) is 0 Å². The quantitative estimate of drug-likeness (QED) is 0.774. The van der Waals surface area contributed by atoms with Gasteiger partial charge >= 0.3 is 6.18 Å². The van der Waals surface area contributed by atoms with Crippen molar-refractivity contribution in [2.45, 2.75) is 26.1 Å². The number of benzene rings is 2. The Bertz CT molecular complexity index is 620. The SMILES string of the molecule is Cc1cccc(CN(C)CCc2cccc(C(F)(F)F)c2)c1. The average Bonchev–Trinajstić information content (AvgIpc) is 2.45. The lowest BCUT2D eigenvalue weighted by molar-refractivity contribution is -0.137. The van der Waals surface area contributed by atoms with E-state index >= 15 is 0 Å². The predicted molar refractivity (Wildman–Crippen MR) is 82.7 cm³/mol. The monoisotopic (exact) mass is 307 g/mol. The molecule has 2 aromatic carbocycles. The summed E-state index contributed by atoms with van der Waals surface area (Å²) in [4.78, 5) is 2.12. The summed E-state index contributed by atoms with van der Waals surface area (Å²) >= 11 is 0. The van der Waals surface area contributed by atoms with Gasteiger partial charge in [0.25, 0.3) is 0 Å². The molecule has 2 rings (SSSR count). The maximum atomic E-state index is 12.7. The first-order valence-electron chi connectivity index (χ1n) is 7.25. The van der Waals surface area contributed by atoms with E-state index in [1.165, 1.54) is 23.3 Å². The van der Waals surface area contributed by atoms with Crippen LogP contribution in [0.5, 0.6) is 0 Å². The molecular weight excluding hydrogens is 287 g/mol. The Balaban J connectivity index is 1.92. The van der Waals surface area contributed by atoms with Crippen molar-refractivity contribution in [1.82, 2.24) is 4.90 Å². The molecule has 1 nitrogen and oxygen atoms in total. The van der Waals surface area contributed by atoms with Crippen molar-refractivity contribution in [3.63, 3.8) is 0 Å². The van der Waals surface area contributed by atoms with Crippen molar-refractivity contribution in [2.24, 2.45) is 0 Å². The molecule has 0 bridgehead atoms. The van der Waals surface area contributed by atoms with Gasteiger partial charge < -0.3 is 4.90 Å². The summed E-state index contributed by atoms with van der Waals surface area (Å²) in [6.45, 7) is 3.56. The van der Waals surface area contributed by atoms with Crippen molar-refractivity contribution < 1.29 is 13.2 Å². The summed E-state index contributed by atoms with van der Waals surface area (Å²) in [6.07, 6.45) is -3.67. The van der Waals surface area contributed by atoms with E-state index in [0.29, 0.717) is 12.0 Å². The van der Waals surface area contributed by atoms with E-state index in [-0.39, 0.29) is 0 Å². The highest BCUT2D eigenvalue weighted by Crippen LogP contribution is 2.29. The highest BCUT2D eigenvalue weighted by molar-refractivity contribution is 5.26. The third-order valence-electron chi connectivity index (χ3n) is 3.57. The fourth-order valence-corrected chi connectivity index (χ4v) is 2.42. The zero-order valence-corrected chi connectivity index (χ0v) is 12.8. The maximum Gasteiger partial charge on any atom is 0.416 e. The number of alkyl halides is 3. The minimum Gasteiger partial charge on any atom is -0.302 e. The molecule has 0 fully saturated rings. The van der Waals surface area contributed by atoms with Gasteiger partial charge in [0.05, 0.1) is 5.56 Å². The summed E-state index contributed by atoms with van der Waals surface area (Å²) in [6, 6.07) is 13.8. The summed E-state index contributed by atoms with van der Waals surface area (Å²) in [5.41, 5.74) is 2.56. The van der Waals surface area contributed by atoms with Crippen LogP contribution in [0.25, 0.3) is 0 Å². The van der Waals surface area contributed by atoms with Crippen molar-refractivity contribution in [1.29, 1.82) is 0 Å². The number of likely N-dealkylation sites (N-methyl/N-ethyl adjacent to an activating group) is 1. The number of aryl methyl sites for hydroxylation is 1. The van der Waals surface area contributed by atoms with Crippen LogP contribution in [0, 0.1) is 6.92 Å². The van der Waals surface area contributed by atoms with Gasteiger partial charge in [-0.15, -0.1) is 0 Å². The summed E-state index contributed by atoms with van der Waals surface area (Å²) in [7, 11) is 1.98. The van der Waals surface area contributed by atoms with Crippen LogP contribution < -0.4 is 0 Å². The molecule has 0 aliphatic rings. The Morgan fingerprint density at radius 2 is 1.64 bits per heavy atom. The van der Waals surface area contributed by atoms with Gasteiger partial charge in [-0.2, -0.15) is 13.2 Å². The van der Waals surface area contributed by atoms with Crippen LogP contribution in [0.15, 0.2) is 48.5 Å². The van der Waals surface area contributed by atoms with E-state index in [0.717, 1.165) is 19.2 Å². The number of hydrogen-bond acceptors (Lipinski definition) is 1. The van der Waals surface area contributed by atoms with Gasteiger partial charge in [-0.1, -0.05) is 48.0 Å². The Morgan fingerprint density at radius 1 is 0.955 bits per heavy atom. The molecule has 0 atom stereocenters. The first-order chi connectivity index (χ1) is 10.3. The van der Waals surface area contributed by atoms with Crippen LogP contribution in [0.2, 0.25) is 0 Å². The minimum atomic E-state index is -4.27. The van der Waals surface area contributed by atoms with Crippen LogP contribution in [0.1, 0.15) is 22.3 Å². The van der Waals surface area contributed by atoms with Crippen molar-refractivity contribution >= 4 is 0 Å². The van der Waals surface area contributed by atoms with Gasteiger partial charge in [0, 0.05) is 13.1 Å². The summed E-state index contributed by atoms with van der Waals surface area (Å²) in [5, 5.41) is 0. The smallest absolute Gasteiger partial charge is 0.302 e. The van der Waals surface area contributed by atoms with E-state index in [4.69, 9.17) is 0 Å².